The van der Waals surface area contributed by atoms with E-state index >= 15 is 0 Å². The van der Waals surface area contributed by atoms with Crippen LogP contribution in [0.3, 0.4) is 0 Å². The van der Waals surface area contributed by atoms with Crippen LogP contribution in [0.5, 0.6) is 0 Å². The summed E-state index contributed by atoms with van der Waals surface area (Å²) in [7, 11) is 0. The molecular formula is C16H19ClN2O. The largest absolute Gasteiger partial charge is 0.383 e. The first kappa shape index (κ1) is 13.7. The van der Waals surface area contributed by atoms with Gasteiger partial charge in [-0.05, 0) is 49.9 Å². The Morgan fingerprint density at radius 3 is 3.15 bits per heavy atom. The molecule has 20 heavy (non-hydrogen) atoms. The van der Waals surface area contributed by atoms with Crippen LogP contribution in [0.15, 0.2) is 30.5 Å². The highest BCUT2D eigenvalue weighted by Gasteiger charge is 2.14. The predicted octanol–water partition coefficient (Wildman–Crippen LogP) is 4.26. The van der Waals surface area contributed by atoms with Crippen LogP contribution in [0, 0.1) is 0 Å². The molecule has 0 saturated carbocycles. The minimum Gasteiger partial charge on any atom is -0.383 e. The second-order valence-electron chi connectivity index (χ2n) is 5.20. The third-order valence-corrected chi connectivity index (χ3v) is 4.09. The Kier molecular flexibility index (Phi) is 4.38. The number of nitrogens with zero attached hydrogens (tertiary/aromatic N) is 1. The summed E-state index contributed by atoms with van der Waals surface area (Å²) in [6.45, 7) is 1.87. The number of halogens is 1. The van der Waals surface area contributed by atoms with Gasteiger partial charge in [0.2, 0.25) is 0 Å². The number of fused-ring (bicyclic) bond motifs is 1. The van der Waals surface area contributed by atoms with E-state index in [9.17, 15) is 0 Å². The minimum absolute atomic E-state index is 0.469. The van der Waals surface area contributed by atoms with Crippen LogP contribution in [0.1, 0.15) is 25.7 Å². The maximum Gasteiger partial charge on any atom is 0.0948 e. The molecular weight excluding hydrogens is 272 g/mol. The number of anilines is 1. The highest BCUT2D eigenvalue weighted by Crippen LogP contribution is 2.28. The van der Waals surface area contributed by atoms with Gasteiger partial charge in [0.15, 0.2) is 0 Å². The third kappa shape index (κ3) is 3.05. The van der Waals surface area contributed by atoms with Gasteiger partial charge in [-0.25, -0.2) is 0 Å². The summed E-state index contributed by atoms with van der Waals surface area (Å²) in [6, 6.07) is 7.84. The van der Waals surface area contributed by atoms with Gasteiger partial charge in [-0.2, -0.15) is 0 Å². The Bertz CT molecular complexity index is 582. The van der Waals surface area contributed by atoms with Crippen LogP contribution in [0.4, 0.5) is 5.69 Å². The average Bonchev–Trinajstić information content (AvgIpc) is 2.99. The monoisotopic (exact) mass is 290 g/mol. The first-order valence-electron chi connectivity index (χ1n) is 7.23. The van der Waals surface area contributed by atoms with Gasteiger partial charge in [0.05, 0.1) is 22.3 Å². The number of hydrogen-bond acceptors (Lipinski definition) is 3. The van der Waals surface area contributed by atoms with Crippen molar-refractivity contribution in [2.75, 3.05) is 18.5 Å². The molecule has 1 atom stereocenters. The number of nitrogens with one attached hydrogen (secondary N) is 1. The van der Waals surface area contributed by atoms with Gasteiger partial charge < -0.3 is 10.1 Å². The first-order valence-corrected chi connectivity index (χ1v) is 7.61. The molecule has 1 aromatic carbocycles. The summed E-state index contributed by atoms with van der Waals surface area (Å²) in [4.78, 5) is 4.43. The van der Waals surface area contributed by atoms with Crippen molar-refractivity contribution in [1.82, 2.24) is 4.98 Å². The maximum absolute atomic E-state index is 6.19. The van der Waals surface area contributed by atoms with Crippen molar-refractivity contribution in [3.05, 3.63) is 35.5 Å². The Balaban J connectivity index is 1.61. The number of rotatable bonds is 5. The molecule has 1 saturated heterocycles. The van der Waals surface area contributed by atoms with Crippen molar-refractivity contribution in [3.8, 4) is 0 Å². The molecule has 0 spiro atoms. The van der Waals surface area contributed by atoms with E-state index in [2.05, 4.69) is 10.3 Å². The molecule has 0 radical (unpaired) electrons. The van der Waals surface area contributed by atoms with Crippen molar-refractivity contribution in [2.24, 2.45) is 0 Å². The predicted molar refractivity (Wildman–Crippen MR) is 83.5 cm³/mol. The maximum atomic E-state index is 6.19. The molecule has 0 aliphatic carbocycles. The Morgan fingerprint density at radius 1 is 1.35 bits per heavy atom. The highest BCUT2D eigenvalue weighted by molar-refractivity contribution is 6.35. The zero-order chi connectivity index (χ0) is 13.8. The van der Waals surface area contributed by atoms with Crippen LogP contribution < -0.4 is 5.32 Å². The molecule has 2 heterocycles. The van der Waals surface area contributed by atoms with E-state index in [1.807, 2.05) is 24.3 Å². The number of pyridine rings is 1. The van der Waals surface area contributed by atoms with E-state index in [-0.39, 0.29) is 0 Å². The molecule has 1 aromatic heterocycles. The van der Waals surface area contributed by atoms with Gasteiger partial charge in [0.25, 0.3) is 0 Å². The zero-order valence-corrected chi connectivity index (χ0v) is 12.2. The molecule has 0 amide bonds. The summed E-state index contributed by atoms with van der Waals surface area (Å²) in [6.07, 6.45) is 6.94. The molecule has 3 nitrogen and oxygen atoms in total. The van der Waals surface area contributed by atoms with Gasteiger partial charge in [0, 0.05) is 24.7 Å². The molecule has 1 aliphatic rings. The molecule has 4 heteroatoms. The molecule has 1 unspecified atom stereocenters. The summed E-state index contributed by atoms with van der Waals surface area (Å²) in [5, 5.41) is 5.21. The van der Waals surface area contributed by atoms with Crippen LogP contribution in [-0.2, 0) is 4.74 Å². The smallest absolute Gasteiger partial charge is 0.0948 e. The van der Waals surface area contributed by atoms with Gasteiger partial charge in [-0.3, -0.25) is 4.98 Å². The van der Waals surface area contributed by atoms with Crippen molar-refractivity contribution < 1.29 is 4.74 Å². The number of aromatic nitrogens is 1. The molecule has 1 aliphatic heterocycles. The fraction of sp³-hybridized carbons (Fsp3) is 0.438. The number of ether oxygens (including phenoxy) is 1. The minimum atomic E-state index is 0.469. The summed E-state index contributed by atoms with van der Waals surface area (Å²) < 4.78 is 5.63. The van der Waals surface area contributed by atoms with Crippen molar-refractivity contribution in [1.29, 1.82) is 0 Å². The average molecular weight is 291 g/mol. The molecule has 3 rings (SSSR count). The molecule has 106 valence electrons. The fourth-order valence-corrected chi connectivity index (χ4v) is 2.92. The molecule has 1 N–H and O–H groups in total. The standard InChI is InChI=1S/C16H19ClN2O/c17-14-7-8-15(16-13(14)6-2-10-19-16)18-9-1-4-12-5-3-11-20-12/h2,6-8,10,12,18H,1,3-5,9,11H2. The lowest BCUT2D eigenvalue weighted by Gasteiger charge is -2.12. The lowest BCUT2D eigenvalue weighted by molar-refractivity contribution is 0.103. The van der Waals surface area contributed by atoms with Gasteiger partial charge >= 0.3 is 0 Å². The lowest BCUT2D eigenvalue weighted by Crippen LogP contribution is -2.09. The lowest BCUT2D eigenvalue weighted by atomic mass is 10.1. The first-order chi connectivity index (χ1) is 9.84. The number of hydrogen-bond donors (Lipinski definition) is 1. The normalized spacial score (nSPS) is 18.6. The summed E-state index contributed by atoms with van der Waals surface area (Å²) >= 11 is 6.19. The zero-order valence-electron chi connectivity index (χ0n) is 11.4. The van der Waals surface area contributed by atoms with Crippen LogP contribution in [0.2, 0.25) is 5.02 Å². The second-order valence-corrected chi connectivity index (χ2v) is 5.61. The van der Waals surface area contributed by atoms with Crippen LogP contribution in [0.25, 0.3) is 10.9 Å². The van der Waals surface area contributed by atoms with Crippen LogP contribution >= 0.6 is 11.6 Å². The van der Waals surface area contributed by atoms with Crippen molar-refractivity contribution in [3.63, 3.8) is 0 Å². The quantitative estimate of drug-likeness (QED) is 0.836. The Hall–Kier alpha value is -1.32. The third-order valence-electron chi connectivity index (χ3n) is 3.76. The van der Waals surface area contributed by atoms with Crippen molar-refractivity contribution in [2.45, 2.75) is 31.8 Å². The van der Waals surface area contributed by atoms with Gasteiger partial charge in [-0.15, -0.1) is 0 Å². The Morgan fingerprint density at radius 2 is 2.30 bits per heavy atom. The van der Waals surface area contributed by atoms with E-state index in [4.69, 9.17) is 16.3 Å². The topological polar surface area (TPSA) is 34.1 Å². The van der Waals surface area contributed by atoms with Crippen LogP contribution in [-0.4, -0.2) is 24.2 Å². The number of benzene rings is 1. The summed E-state index contributed by atoms with van der Waals surface area (Å²) in [5.74, 6) is 0. The van der Waals surface area contributed by atoms with E-state index in [0.717, 1.165) is 47.6 Å². The van der Waals surface area contributed by atoms with Gasteiger partial charge in [-0.1, -0.05) is 11.6 Å². The van der Waals surface area contributed by atoms with E-state index < -0.39 is 0 Å². The SMILES string of the molecule is Clc1ccc(NCCCC2CCCO2)c2ncccc12. The Labute approximate surface area is 124 Å². The van der Waals surface area contributed by atoms with Gasteiger partial charge in [0.1, 0.15) is 0 Å². The van der Waals surface area contributed by atoms with E-state index in [0.29, 0.717) is 6.10 Å². The van der Waals surface area contributed by atoms with Crippen molar-refractivity contribution >= 4 is 28.2 Å². The van der Waals surface area contributed by atoms with E-state index in [1.54, 1.807) is 6.20 Å². The highest BCUT2D eigenvalue weighted by atomic mass is 35.5. The second kappa shape index (κ2) is 6.42. The fourth-order valence-electron chi connectivity index (χ4n) is 2.71. The molecule has 2 aromatic rings. The summed E-state index contributed by atoms with van der Waals surface area (Å²) in [5.41, 5.74) is 1.99. The van der Waals surface area contributed by atoms with E-state index in [1.165, 1.54) is 12.8 Å². The molecule has 0 bridgehead atoms. The molecule has 1 fully saturated rings.